The predicted octanol–water partition coefficient (Wildman–Crippen LogP) is 2.93. The molecule has 5 nitrogen and oxygen atoms in total. The van der Waals surface area contributed by atoms with E-state index < -0.39 is 0 Å². The lowest BCUT2D eigenvalue weighted by Gasteiger charge is -2.06. The molecule has 0 bridgehead atoms. The number of anilines is 1. The molecule has 1 N–H and O–H groups in total. The van der Waals surface area contributed by atoms with Gasteiger partial charge in [0.1, 0.15) is 0 Å². The van der Waals surface area contributed by atoms with Gasteiger partial charge in [-0.3, -0.25) is 9.78 Å². The maximum absolute atomic E-state index is 12.2. The third-order valence-electron chi connectivity index (χ3n) is 2.75. The number of benzene rings is 1. The van der Waals surface area contributed by atoms with Crippen molar-refractivity contribution in [2.75, 3.05) is 5.32 Å². The molecule has 0 aliphatic rings. The fourth-order valence-corrected chi connectivity index (χ4v) is 1.95. The summed E-state index contributed by atoms with van der Waals surface area (Å²) in [7, 11) is 0. The van der Waals surface area contributed by atoms with Crippen LogP contribution in [0.15, 0.2) is 48.9 Å². The summed E-state index contributed by atoms with van der Waals surface area (Å²) in [6, 6.07) is 8.98. The maximum atomic E-state index is 12.2. The Morgan fingerprint density at radius 2 is 1.90 bits per heavy atom. The minimum Gasteiger partial charge on any atom is -0.304 e. The first kappa shape index (κ1) is 12.5. The molecule has 1 amide bonds. The van der Waals surface area contributed by atoms with Gasteiger partial charge in [-0.05, 0) is 24.3 Å². The Labute approximate surface area is 119 Å². The number of fused-ring (bicyclic) bond motifs is 1. The van der Waals surface area contributed by atoms with Gasteiger partial charge in [-0.15, -0.1) is 0 Å². The van der Waals surface area contributed by atoms with Crippen LogP contribution in [-0.4, -0.2) is 20.9 Å². The quantitative estimate of drug-likeness (QED) is 0.785. The molecular formula is C14H9ClN4O. The fraction of sp³-hybridized carbons (Fsp3) is 0. The molecule has 98 valence electrons. The number of nitrogens with one attached hydrogen (secondary N) is 1. The maximum Gasteiger partial charge on any atom is 0.256 e. The minimum absolute atomic E-state index is 0.156. The summed E-state index contributed by atoms with van der Waals surface area (Å²) < 4.78 is 0. The number of halogens is 1. The van der Waals surface area contributed by atoms with Crippen LogP contribution in [0.3, 0.4) is 0 Å². The third kappa shape index (κ3) is 2.44. The Kier molecular flexibility index (Phi) is 3.26. The number of aromatic nitrogens is 3. The van der Waals surface area contributed by atoms with Crippen LogP contribution in [0, 0.1) is 0 Å². The molecule has 0 aliphatic carbocycles. The monoisotopic (exact) mass is 284 g/mol. The molecule has 0 radical (unpaired) electrons. The first-order chi connectivity index (χ1) is 9.74. The molecule has 1 aromatic carbocycles. The van der Waals surface area contributed by atoms with Gasteiger partial charge in [0.05, 0.1) is 5.52 Å². The van der Waals surface area contributed by atoms with Crippen LogP contribution in [0.5, 0.6) is 0 Å². The fourth-order valence-electron chi connectivity index (χ4n) is 1.80. The van der Waals surface area contributed by atoms with Gasteiger partial charge in [-0.25, -0.2) is 9.97 Å². The highest BCUT2D eigenvalue weighted by molar-refractivity contribution is 6.32. The van der Waals surface area contributed by atoms with E-state index in [2.05, 4.69) is 20.3 Å². The zero-order valence-corrected chi connectivity index (χ0v) is 11.0. The standard InChI is InChI=1S/C14H9ClN4O/c15-12-13(18-7-6-17-12)19-14(20)10-3-4-11-9(8-10)2-1-5-16-11/h1-8H,(H,18,19,20). The number of rotatable bonds is 2. The van der Waals surface area contributed by atoms with Crippen molar-refractivity contribution < 1.29 is 4.79 Å². The van der Waals surface area contributed by atoms with Crippen molar-refractivity contribution in [3.8, 4) is 0 Å². The molecule has 0 aliphatic heterocycles. The van der Waals surface area contributed by atoms with Crippen LogP contribution < -0.4 is 5.32 Å². The highest BCUT2D eigenvalue weighted by Gasteiger charge is 2.10. The lowest BCUT2D eigenvalue weighted by atomic mass is 10.1. The molecule has 0 atom stereocenters. The Morgan fingerprint density at radius 1 is 1.05 bits per heavy atom. The number of carbonyl (C=O) groups excluding carboxylic acids is 1. The van der Waals surface area contributed by atoms with Crippen molar-refractivity contribution in [1.29, 1.82) is 0 Å². The average Bonchev–Trinajstić information content (AvgIpc) is 2.49. The highest BCUT2D eigenvalue weighted by atomic mass is 35.5. The molecule has 2 heterocycles. The lowest BCUT2D eigenvalue weighted by molar-refractivity contribution is 0.102. The second-order valence-electron chi connectivity index (χ2n) is 4.06. The van der Waals surface area contributed by atoms with E-state index in [9.17, 15) is 4.79 Å². The van der Waals surface area contributed by atoms with Gasteiger partial charge in [0, 0.05) is 29.5 Å². The second kappa shape index (κ2) is 5.22. The van der Waals surface area contributed by atoms with Crippen molar-refractivity contribution in [2.24, 2.45) is 0 Å². The molecule has 3 aromatic rings. The Bertz CT molecular complexity index is 791. The first-order valence-electron chi connectivity index (χ1n) is 5.87. The van der Waals surface area contributed by atoms with Crippen LogP contribution in [-0.2, 0) is 0 Å². The molecular weight excluding hydrogens is 276 g/mol. The van der Waals surface area contributed by atoms with Crippen molar-refractivity contribution in [2.45, 2.75) is 0 Å². The van der Waals surface area contributed by atoms with Gasteiger partial charge >= 0.3 is 0 Å². The van der Waals surface area contributed by atoms with E-state index in [1.165, 1.54) is 12.4 Å². The number of nitrogens with zero attached hydrogens (tertiary/aromatic N) is 3. The van der Waals surface area contributed by atoms with Crippen LogP contribution in [0.4, 0.5) is 5.82 Å². The molecule has 0 unspecified atom stereocenters. The number of amides is 1. The molecule has 3 rings (SSSR count). The van der Waals surface area contributed by atoms with Gasteiger partial charge in [-0.1, -0.05) is 17.7 Å². The van der Waals surface area contributed by atoms with Crippen molar-refractivity contribution in [3.63, 3.8) is 0 Å². The van der Waals surface area contributed by atoms with Gasteiger partial charge in [-0.2, -0.15) is 0 Å². The van der Waals surface area contributed by atoms with E-state index >= 15 is 0 Å². The Hall–Kier alpha value is -2.53. The van der Waals surface area contributed by atoms with Crippen molar-refractivity contribution in [3.05, 3.63) is 59.6 Å². The highest BCUT2D eigenvalue weighted by Crippen LogP contribution is 2.17. The minimum atomic E-state index is -0.293. The van der Waals surface area contributed by atoms with Gasteiger partial charge < -0.3 is 5.32 Å². The van der Waals surface area contributed by atoms with Crippen molar-refractivity contribution >= 4 is 34.2 Å². The van der Waals surface area contributed by atoms with Crippen LogP contribution in [0.1, 0.15) is 10.4 Å². The van der Waals surface area contributed by atoms with Crippen LogP contribution in [0.25, 0.3) is 10.9 Å². The van der Waals surface area contributed by atoms with Crippen LogP contribution >= 0.6 is 11.6 Å². The SMILES string of the molecule is O=C(Nc1nccnc1Cl)c1ccc2ncccc2c1. The summed E-state index contributed by atoms with van der Waals surface area (Å²) >= 11 is 5.85. The number of carbonyl (C=O) groups is 1. The molecule has 6 heteroatoms. The first-order valence-corrected chi connectivity index (χ1v) is 6.24. The van der Waals surface area contributed by atoms with E-state index in [-0.39, 0.29) is 16.9 Å². The third-order valence-corrected chi connectivity index (χ3v) is 3.03. The van der Waals surface area contributed by atoms with E-state index in [4.69, 9.17) is 11.6 Å². The van der Waals surface area contributed by atoms with Crippen molar-refractivity contribution in [1.82, 2.24) is 15.0 Å². The summed E-state index contributed by atoms with van der Waals surface area (Å²) in [5, 5.41) is 3.68. The van der Waals surface area contributed by atoms with Gasteiger partial charge in [0.25, 0.3) is 5.91 Å². The topological polar surface area (TPSA) is 67.8 Å². The number of hydrogen-bond acceptors (Lipinski definition) is 4. The smallest absolute Gasteiger partial charge is 0.256 e. The molecule has 0 spiro atoms. The van der Waals surface area contributed by atoms with E-state index in [1.54, 1.807) is 24.4 Å². The zero-order valence-electron chi connectivity index (χ0n) is 10.2. The summed E-state index contributed by atoms with van der Waals surface area (Å²) in [6.07, 6.45) is 4.63. The molecule has 0 fully saturated rings. The normalized spacial score (nSPS) is 10.4. The van der Waals surface area contributed by atoms with E-state index in [0.29, 0.717) is 5.56 Å². The second-order valence-corrected chi connectivity index (χ2v) is 4.42. The van der Waals surface area contributed by atoms with Crippen LogP contribution in [0.2, 0.25) is 5.15 Å². The van der Waals surface area contributed by atoms with E-state index in [0.717, 1.165) is 10.9 Å². The number of hydrogen-bond donors (Lipinski definition) is 1. The van der Waals surface area contributed by atoms with E-state index in [1.807, 2.05) is 12.1 Å². The largest absolute Gasteiger partial charge is 0.304 e. The Balaban J connectivity index is 1.91. The molecule has 20 heavy (non-hydrogen) atoms. The molecule has 0 saturated heterocycles. The average molecular weight is 285 g/mol. The van der Waals surface area contributed by atoms with Gasteiger partial charge in [0.2, 0.25) is 0 Å². The summed E-state index contributed by atoms with van der Waals surface area (Å²) in [6.45, 7) is 0. The van der Waals surface area contributed by atoms with Gasteiger partial charge in [0.15, 0.2) is 11.0 Å². The Morgan fingerprint density at radius 3 is 2.75 bits per heavy atom. The summed E-state index contributed by atoms with van der Waals surface area (Å²) in [5.41, 5.74) is 1.34. The lowest BCUT2D eigenvalue weighted by Crippen LogP contribution is -2.13. The zero-order chi connectivity index (χ0) is 13.9. The summed E-state index contributed by atoms with van der Waals surface area (Å²) in [5.74, 6) is -0.0522. The number of pyridine rings is 1. The molecule has 0 saturated carbocycles. The predicted molar refractivity (Wildman–Crippen MR) is 76.7 cm³/mol. The molecule has 2 aromatic heterocycles. The summed E-state index contributed by atoms with van der Waals surface area (Å²) in [4.78, 5) is 24.2.